The summed E-state index contributed by atoms with van der Waals surface area (Å²) in [6.45, 7) is 6.18. The summed E-state index contributed by atoms with van der Waals surface area (Å²) in [6.07, 6.45) is 1.83. The first-order valence-electron chi connectivity index (χ1n) is 12.3. The molecule has 0 spiro atoms. The summed E-state index contributed by atoms with van der Waals surface area (Å²) in [7, 11) is -3.64. The topological polar surface area (TPSA) is 127 Å². The molecule has 0 bridgehead atoms. The lowest BCUT2D eigenvalue weighted by Crippen LogP contribution is -2.39. The van der Waals surface area contributed by atoms with Crippen molar-refractivity contribution in [2.75, 3.05) is 25.0 Å². The van der Waals surface area contributed by atoms with Gasteiger partial charge in [0.1, 0.15) is 6.54 Å². The van der Waals surface area contributed by atoms with Crippen LogP contribution in [-0.4, -0.2) is 54.8 Å². The van der Waals surface area contributed by atoms with Crippen LogP contribution in [-0.2, 0) is 30.9 Å². The van der Waals surface area contributed by atoms with E-state index in [1.54, 1.807) is 29.7 Å². The molecular weight excluding hydrogens is 528 g/mol. The normalized spacial score (nSPS) is 16.9. The van der Waals surface area contributed by atoms with Gasteiger partial charge in [-0.15, -0.1) is 0 Å². The predicted molar refractivity (Wildman–Crippen MR) is 144 cm³/mol. The molecule has 1 aliphatic rings. The van der Waals surface area contributed by atoms with Crippen molar-refractivity contribution in [2.24, 2.45) is 10.9 Å². The zero-order valence-electron chi connectivity index (χ0n) is 21.5. The van der Waals surface area contributed by atoms with E-state index in [-0.39, 0.29) is 34.3 Å². The molecule has 38 heavy (non-hydrogen) atoms. The number of ether oxygens (including phenoxy) is 1. The molecular formula is C26H30N4O6S2. The average molecular weight is 559 g/mol. The molecule has 1 N–H and O–H groups in total. The second-order valence-corrected chi connectivity index (χ2v) is 12.1. The molecule has 12 heteroatoms. The maximum atomic E-state index is 13.1. The maximum absolute atomic E-state index is 13.1. The molecule has 0 aliphatic carbocycles. The molecule has 1 aliphatic heterocycles. The number of anilines is 1. The fourth-order valence-electron chi connectivity index (χ4n) is 4.36. The molecule has 2 amide bonds. The highest BCUT2D eigenvalue weighted by atomic mass is 32.2. The summed E-state index contributed by atoms with van der Waals surface area (Å²) in [5.74, 6) is -0.976. The molecule has 1 saturated heterocycles. The largest absolute Gasteiger partial charge is 0.465 e. The number of sulfonamides is 1. The van der Waals surface area contributed by atoms with E-state index in [1.165, 1.54) is 46.8 Å². The van der Waals surface area contributed by atoms with Gasteiger partial charge in [0.25, 0.3) is 5.91 Å². The van der Waals surface area contributed by atoms with Crippen molar-refractivity contribution in [2.45, 2.75) is 45.1 Å². The van der Waals surface area contributed by atoms with Gasteiger partial charge in [-0.2, -0.15) is 9.30 Å². The molecule has 202 valence electrons. The van der Waals surface area contributed by atoms with Crippen LogP contribution in [0, 0.1) is 5.92 Å². The van der Waals surface area contributed by atoms with Crippen molar-refractivity contribution in [3.05, 3.63) is 52.8 Å². The highest BCUT2D eigenvalue weighted by Crippen LogP contribution is 2.25. The Bertz CT molecular complexity index is 1540. The number of esters is 1. The smallest absolute Gasteiger partial charge is 0.326 e. The van der Waals surface area contributed by atoms with Crippen molar-refractivity contribution >= 4 is 55.0 Å². The zero-order chi connectivity index (χ0) is 27.4. The minimum Gasteiger partial charge on any atom is -0.465 e. The predicted octanol–water partition coefficient (Wildman–Crippen LogP) is 3.39. The Morgan fingerprint density at radius 3 is 2.55 bits per heavy atom. The number of nitrogens with one attached hydrogen (secondary N) is 1. The van der Waals surface area contributed by atoms with Crippen LogP contribution in [0.25, 0.3) is 10.2 Å². The summed E-state index contributed by atoms with van der Waals surface area (Å²) in [5.41, 5.74) is 1.45. The second-order valence-electron chi connectivity index (χ2n) is 9.19. The first-order valence-corrected chi connectivity index (χ1v) is 14.6. The van der Waals surface area contributed by atoms with Gasteiger partial charge in [0.05, 0.1) is 21.7 Å². The lowest BCUT2D eigenvalue weighted by Gasteiger charge is -2.30. The van der Waals surface area contributed by atoms with Gasteiger partial charge in [0.2, 0.25) is 15.9 Å². The number of thiazole rings is 1. The number of nitrogens with zero attached hydrogens (tertiary/aromatic N) is 3. The van der Waals surface area contributed by atoms with Gasteiger partial charge in [-0.05, 0) is 68.1 Å². The number of carbonyl (C=O) groups excluding carboxylic acids is 3. The molecule has 1 atom stereocenters. The third-order valence-electron chi connectivity index (χ3n) is 6.15. The third kappa shape index (κ3) is 6.20. The highest BCUT2D eigenvalue weighted by Gasteiger charge is 2.28. The van der Waals surface area contributed by atoms with Crippen LogP contribution < -0.4 is 10.1 Å². The van der Waals surface area contributed by atoms with Gasteiger partial charge >= 0.3 is 5.97 Å². The monoisotopic (exact) mass is 558 g/mol. The van der Waals surface area contributed by atoms with Crippen molar-refractivity contribution in [3.8, 4) is 0 Å². The SMILES string of the molecule is CCOC(=O)Cn1c(=NC(=O)c2ccc(S(=O)(=O)N3CCCC(C)C3)cc2)sc2cc(NC(C)=O)ccc21. The number of hydrogen-bond donors (Lipinski definition) is 1. The molecule has 10 nitrogen and oxygen atoms in total. The van der Waals surface area contributed by atoms with Crippen molar-refractivity contribution in [1.29, 1.82) is 0 Å². The van der Waals surface area contributed by atoms with E-state index in [9.17, 15) is 22.8 Å². The number of rotatable bonds is 7. The number of piperidine rings is 1. The summed E-state index contributed by atoms with van der Waals surface area (Å²) in [4.78, 5) is 41.5. The summed E-state index contributed by atoms with van der Waals surface area (Å²) < 4.78 is 35.0. The molecule has 4 rings (SSSR count). The quantitative estimate of drug-likeness (QED) is 0.443. The molecule has 0 radical (unpaired) electrons. The van der Waals surface area contributed by atoms with Crippen LogP contribution in [0.2, 0.25) is 0 Å². The molecule has 1 aromatic heterocycles. The van der Waals surface area contributed by atoms with E-state index >= 15 is 0 Å². The summed E-state index contributed by atoms with van der Waals surface area (Å²) in [5, 5.41) is 2.71. The Balaban J connectivity index is 1.66. The first kappa shape index (κ1) is 27.7. The standard InChI is InChI=1S/C26H30N4O6S2/c1-4-36-24(32)16-30-22-12-9-20(27-18(3)31)14-23(22)37-26(30)28-25(33)19-7-10-21(11-8-19)38(34,35)29-13-5-6-17(2)15-29/h7-12,14,17H,4-6,13,15-16H2,1-3H3,(H,27,31). The Labute approximate surface area is 225 Å². The van der Waals surface area contributed by atoms with Crippen molar-refractivity contribution in [1.82, 2.24) is 8.87 Å². The minimum absolute atomic E-state index is 0.132. The lowest BCUT2D eigenvalue weighted by atomic mass is 10.0. The zero-order valence-corrected chi connectivity index (χ0v) is 23.1. The summed E-state index contributed by atoms with van der Waals surface area (Å²) >= 11 is 1.19. The number of benzene rings is 2. The number of hydrogen-bond acceptors (Lipinski definition) is 7. The van der Waals surface area contributed by atoms with Gasteiger partial charge in [0, 0.05) is 31.3 Å². The van der Waals surface area contributed by atoms with E-state index in [2.05, 4.69) is 10.3 Å². The van der Waals surface area contributed by atoms with E-state index in [4.69, 9.17) is 4.74 Å². The highest BCUT2D eigenvalue weighted by molar-refractivity contribution is 7.89. The van der Waals surface area contributed by atoms with E-state index in [0.29, 0.717) is 34.9 Å². The number of fused-ring (bicyclic) bond motifs is 1. The van der Waals surface area contributed by atoms with Crippen LogP contribution >= 0.6 is 11.3 Å². The van der Waals surface area contributed by atoms with Crippen LogP contribution in [0.1, 0.15) is 44.0 Å². The molecule has 1 unspecified atom stereocenters. The van der Waals surface area contributed by atoms with E-state index in [0.717, 1.165) is 12.8 Å². The molecule has 2 aromatic carbocycles. The van der Waals surface area contributed by atoms with Crippen molar-refractivity contribution < 1.29 is 27.5 Å². The van der Waals surface area contributed by atoms with Gasteiger partial charge < -0.3 is 14.6 Å². The lowest BCUT2D eigenvalue weighted by molar-refractivity contribution is -0.143. The number of amides is 2. The van der Waals surface area contributed by atoms with Crippen LogP contribution in [0.3, 0.4) is 0 Å². The minimum atomic E-state index is -3.64. The Morgan fingerprint density at radius 2 is 1.89 bits per heavy atom. The third-order valence-corrected chi connectivity index (χ3v) is 9.07. The molecule has 0 saturated carbocycles. The Morgan fingerprint density at radius 1 is 1.16 bits per heavy atom. The molecule has 1 fully saturated rings. The first-order chi connectivity index (χ1) is 18.1. The van der Waals surface area contributed by atoms with Crippen LogP contribution in [0.5, 0.6) is 0 Å². The van der Waals surface area contributed by atoms with Gasteiger partial charge in [-0.25, -0.2) is 8.42 Å². The van der Waals surface area contributed by atoms with E-state index < -0.39 is 21.9 Å². The van der Waals surface area contributed by atoms with Gasteiger partial charge in [-0.3, -0.25) is 14.4 Å². The fraction of sp³-hybridized carbons (Fsp3) is 0.385. The molecule has 2 heterocycles. The second kappa shape index (κ2) is 11.6. The Hall–Kier alpha value is -3.35. The van der Waals surface area contributed by atoms with E-state index in [1.807, 2.05) is 6.92 Å². The van der Waals surface area contributed by atoms with Gasteiger partial charge in [-0.1, -0.05) is 18.3 Å². The van der Waals surface area contributed by atoms with Gasteiger partial charge in [0.15, 0.2) is 4.80 Å². The fourth-order valence-corrected chi connectivity index (χ4v) is 7.03. The average Bonchev–Trinajstić information content (AvgIpc) is 3.19. The number of carbonyl (C=O) groups is 3. The van der Waals surface area contributed by atoms with Crippen LogP contribution in [0.4, 0.5) is 5.69 Å². The van der Waals surface area contributed by atoms with Crippen LogP contribution in [0.15, 0.2) is 52.4 Å². The summed E-state index contributed by atoms with van der Waals surface area (Å²) in [6, 6.07) is 10.9. The van der Waals surface area contributed by atoms with Crippen molar-refractivity contribution in [3.63, 3.8) is 0 Å². The number of aromatic nitrogens is 1. The molecule has 3 aromatic rings. The Kier molecular flexibility index (Phi) is 8.44. The maximum Gasteiger partial charge on any atom is 0.326 e.